The smallest absolute Gasteiger partial charge is 0.421 e. The van der Waals surface area contributed by atoms with Gasteiger partial charge in [0.2, 0.25) is 5.88 Å². The van der Waals surface area contributed by atoms with Gasteiger partial charge in [-0.15, -0.1) is 10.2 Å². The molecule has 2 aromatic rings. The molecule has 0 bridgehead atoms. The van der Waals surface area contributed by atoms with Gasteiger partial charge >= 0.3 is 6.18 Å². The molecule has 0 N–H and O–H groups in total. The van der Waals surface area contributed by atoms with E-state index in [0.717, 1.165) is 57.8 Å². The van der Waals surface area contributed by atoms with E-state index < -0.39 is 28.9 Å². The average molecular weight is 489 g/mol. The number of aryl methyl sites for hydroxylation is 1. The van der Waals surface area contributed by atoms with Gasteiger partial charge in [0.1, 0.15) is 19.2 Å². The van der Waals surface area contributed by atoms with Gasteiger partial charge in [0.15, 0.2) is 0 Å². The highest BCUT2D eigenvalue weighted by atomic mass is 19.4. The highest BCUT2D eigenvalue weighted by Crippen LogP contribution is 2.46. The summed E-state index contributed by atoms with van der Waals surface area (Å²) >= 11 is 0. The second kappa shape index (κ2) is 9.35. The zero-order valence-electron chi connectivity index (χ0n) is 19.7. The van der Waals surface area contributed by atoms with Crippen LogP contribution in [0.5, 0.6) is 5.88 Å². The van der Waals surface area contributed by atoms with E-state index in [2.05, 4.69) is 15.1 Å². The molecule has 186 valence electrons. The van der Waals surface area contributed by atoms with Crippen molar-refractivity contribution in [3.63, 3.8) is 0 Å². The van der Waals surface area contributed by atoms with Crippen molar-refractivity contribution in [2.24, 2.45) is 17.8 Å². The second-order valence-electron chi connectivity index (χ2n) is 10.3. The van der Waals surface area contributed by atoms with Crippen LogP contribution in [0.25, 0.3) is 11.3 Å². The molecule has 2 radical (unpaired) electrons. The van der Waals surface area contributed by atoms with Crippen molar-refractivity contribution in [1.29, 1.82) is 0 Å². The van der Waals surface area contributed by atoms with Gasteiger partial charge in [-0.05, 0) is 74.1 Å². The number of halogens is 4. The molecule has 10 heteroatoms. The topological polar surface area (TPSA) is 47.5 Å². The van der Waals surface area contributed by atoms with E-state index in [-0.39, 0.29) is 23.1 Å². The summed E-state index contributed by atoms with van der Waals surface area (Å²) in [4.78, 5) is 2.45. The summed E-state index contributed by atoms with van der Waals surface area (Å²) in [6, 6.07) is 4.74. The van der Waals surface area contributed by atoms with Gasteiger partial charge in [-0.25, -0.2) is 4.39 Å². The van der Waals surface area contributed by atoms with Crippen molar-refractivity contribution in [2.45, 2.75) is 44.3 Å². The summed E-state index contributed by atoms with van der Waals surface area (Å²) in [7, 11) is 6.47. The Kier molecular flexibility index (Phi) is 6.55. The number of fused-ring (bicyclic) bond motifs is 1. The normalized spacial score (nSPS) is 27.8. The summed E-state index contributed by atoms with van der Waals surface area (Å²) in [5, 5.41) is 7.70. The van der Waals surface area contributed by atoms with Crippen molar-refractivity contribution < 1.29 is 27.0 Å². The molecule has 5 nitrogen and oxygen atoms in total. The molecular weight excluding hydrogens is 461 g/mol. The van der Waals surface area contributed by atoms with Gasteiger partial charge in [0.25, 0.3) is 0 Å². The summed E-state index contributed by atoms with van der Waals surface area (Å²) in [6.07, 6.45) is -1.66. The van der Waals surface area contributed by atoms with Crippen molar-refractivity contribution in [2.75, 3.05) is 32.8 Å². The fourth-order valence-electron chi connectivity index (χ4n) is 5.85. The number of ether oxygens (including phenoxy) is 2. The molecule has 2 aliphatic heterocycles. The maximum Gasteiger partial charge on any atom is 0.421 e. The van der Waals surface area contributed by atoms with Crippen LogP contribution in [0.4, 0.5) is 17.6 Å². The Labute approximate surface area is 203 Å². The molecule has 1 aromatic carbocycles. The minimum atomic E-state index is -4.73. The third-order valence-electron chi connectivity index (χ3n) is 7.57. The molecule has 3 fully saturated rings. The van der Waals surface area contributed by atoms with Crippen LogP contribution in [0.2, 0.25) is 0 Å². The van der Waals surface area contributed by atoms with Gasteiger partial charge in [-0.3, -0.25) is 0 Å². The SMILES string of the molecule is [B]C1(Oc2nnc(-c3cc(F)ccc3C)cc2C(F)(F)F)C[C@H]2CN(CC3CCOCC3)C[C@H]2C1. The predicted octanol–water partition coefficient (Wildman–Crippen LogP) is 4.62. The zero-order chi connectivity index (χ0) is 24.8. The maximum absolute atomic E-state index is 13.9. The molecule has 2 saturated heterocycles. The molecule has 1 saturated carbocycles. The Morgan fingerprint density at radius 2 is 1.80 bits per heavy atom. The fourth-order valence-corrected chi connectivity index (χ4v) is 5.85. The van der Waals surface area contributed by atoms with Gasteiger partial charge < -0.3 is 14.4 Å². The van der Waals surface area contributed by atoms with Crippen LogP contribution in [0.3, 0.4) is 0 Å². The van der Waals surface area contributed by atoms with E-state index >= 15 is 0 Å². The molecule has 1 aliphatic carbocycles. The van der Waals surface area contributed by atoms with Gasteiger partial charge in [-0.2, -0.15) is 13.2 Å². The van der Waals surface area contributed by atoms with E-state index in [1.807, 2.05) is 0 Å². The highest BCUT2D eigenvalue weighted by molar-refractivity contribution is 6.15. The third kappa shape index (κ3) is 5.33. The summed E-state index contributed by atoms with van der Waals surface area (Å²) < 4.78 is 66.8. The van der Waals surface area contributed by atoms with Gasteiger partial charge in [-0.1, -0.05) is 6.07 Å². The number of benzene rings is 1. The first-order valence-corrected chi connectivity index (χ1v) is 12.1. The first-order chi connectivity index (χ1) is 16.6. The van der Waals surface area contributed by atoms with Crippen molar-refractivity contribution >= 4 is 7.85 Å². The lowest BCUT2D eigenvalue weighted by molar-refractivity contribution is -0.140. The molecule has 3 heterocycles. The summed E-state index contributed by atoms with van der Waals surface area (Å²) in [6.45, 7) is 6.07. The monoisotopic (exact) mass is 489 g/mol. The Morgan fingerprint density at radius 3 is 2.46 bits per heavy atom. The average Bonchev–Trinajstić information content (AvgIpc) is 3.29. The standard InChI is InChI=1S/C25H28BF4N3O2/c1-15-2-3-19(27)8-20(15)22-9-21(25(28,29)30)23(32-31-22)35-24(26)10-17-13-33(14-18(17)11-24)12-16-4-6-34-7-5-16/h2-3,8-9,16-18H,4-7,10-14H2,1H3/t17-,18+,24?. The predicted molar refractivity (Wildman–Crippen MR) is 122 cm³/mol. The lowest BCUT2D eigenvalue weighted by Crippen LogP contribution is -2.38. The van der Waals surface area contributed by atoms with Crippen molar-refractivity contribution in [3.8, 4) is 17.1 Å². The highest BCUT2D eigenvalue weighted by Gasteiger charge is 2.49. The van der Waals surface area contributed by atoms with E-state index in [1.165, 1.54) is 12.1 Å². The van der Waals surface area contributed by atoms with Crippen LogP contribution in [-0.4, -0.2) is 61.3 Å². The van der Waals surface area contributed by atoms with Crippen LogP contribution in [0.15, 0.2) is 24.3 Å². The van der Waals surface area contributed by atoms with E-state index in [0.29, 0.717) is 24.3 Å². The van der Waals surface area contributed by atoms with Crippen LogP contribution >= 0.6 is 0 Å². The Hall–Kier alpha value is -2.20. The first kappa shape index (κ1) is 24.5. The largest absolute Gasteiger partial charge is 0.480 e. The molecule has 1 unspecified atom stereocenters. The fraction of sp³-hybridized carbons (Fsp3) is 0.600. The van der Waals surface area contributed by atoms with E-state index in [9.17, 15) is 17.6 Å². The Balaban J connectivity index is 1.30. The lowest BCUT2D eigenvalue weighted by atomic mass is 9.78. The number of nitrogens with zero attached hydrogens (tertiary/aromatic N) is 3. The van der Waals surface area contributed by atoms with E-state index in [4.69, 9.17) is 17.3 Å². The number of rotatable bonds is 5. The molecular formula is C25H28BF4N3O2. The van der Waals surface area contributed by atoms with E-state index in [1.54, 1.807) is 6.92 Å². The molecule has 35 heavy (non-hydrogen) atoms. The van der Waals surface area contributed by atoms with Crippen molar-refractivity contribution in [1.82, 2.24) is 15.1 Å². The molecule has 1 aromatic heterocycles. The number of hydrogen-bond donors (Lipinski definition) is 0. The minimum absolute atomic E-state index is 0.0696. The molecule has 0 spiro atoms. The first-order valence-electron chi connectivity index (χ1n) is 12.1. The van der Waals surface area contributed by atoms with Crippen LogP contribution in [-0.2, 0) is 10.9 Å². The second-order valence-corrected chi connectivity index (χ2v) is 10.3. The number of aromatic nitrogens is 2. The Bertz CT molecular complexity index is 1060. The minimum Gasteiger partial charge on any atom is -0.480 e. The van der Waals surface area contributed by atoms with Crippen LogP contribution in [0, 0.1) is 30.5 Å². The molecule has 0 amide bonds. The zero-order valence-corrected chi connectivity index (χ0v) is 19.7. The van der Waals surface area contributed by atoms with Crippen LogP contribution in [0.1, 0.15) is 36.8 Å². The Morgan fingerprint density at radius 1 is 1.11 bits per heavy atom. The lowest BCUT2D eigenvalue weighted by Gasteiger charge is -2.31. The summed E-state index contributed by atoms with van der Waals surface area (Å²) in [5.74, 6) is -0.0126. The van der Waals surface area contributed by atoms with Crippen molar-refractivity contribution in [3.05, 3.63) is 41.2 Å². The van der Waals surface area contributed by atoms with Gasteiger partial charge in [0, 0.05) is 38.4 Å². The number of likely N-dealkylation sites (tertiary alicyclic amines) is 1. The maximum atomic E-state index is 13.9. The van der Waals surface area contributed by atoms with Gasteiger partial charge in [0.05, 0.1) is 11.2 Å². The quantitative estimate of drug-likeness (QED) is 0.453. The molecule has 3 atom stereocenters. The molecule has 5 rings (SSSR count). The number of hydrogen-bond acceptors (Lipinski definition) is 5. The third-order valence-corrected chi connectivity index (χ3v) is 7.57. The summed E-state index contributed by atoms with van der Waals surface area (Å²) in [5.41, 5.74) is -1.52. The molecule has 3 aliphatic rings. The van der Waals surface area contributed by atoms with Crippen LogP contribution < -0.4 is 4.74 Å². The number of alkyl halides is 3.